The van der Waals surface area contributed by atoms with Gasteiger partial charge in [0.2, 0.25) is 0 Å². The van der Waals surface area contributed by atoms with Crippen molar-refractivity contribution in [1.82, 2.24) is 0 Å². The third kappa shape index (κ3) is 21.2. The summed E-state index contributed by atoms with van der Waals surface area (Å²) in [4.78, 5) is 22.1. The summed E-state index contributed by atoms with van der Waals surface area (Å²) in [5, 5.41) is 9.62. The topological polar surface area (TPSA) is 113 Å². The number of carbonyl (C=O) groups excluding carboxylic acids is 2. The van der Waals surface area contributed by atoms with Gasteiger partial charge in [0, 0.05) is 18.2 Å². The molecule has 0 N–H and O–H groups in total. The molecule has 9 nitrogen and oxygen atoms in total. The van der Waals surface area contributed by atoms with Crippen molar-refractivity contribution >= 4 is 11.9 Å². The van der Waals surface area contributed by atoms with Gasteiger partial charge < -0.3 is 28.4 Å². The average Bonchev–Trinajstić information content (AvgIpc) is 3.40. The van der Waals surface area contributed by atoms with Crippen molar-refractivity contribution in [3.8, 4) is 51.3 Å². The van der Waals surface area contributed by atoms with Crippen LogP contribution in [-0.2, 0) is 32.3 Å². The molecule has 0 atom stereocenters. The largest absolute Gasteiger partial charge is 0.494 e. The Hall–Kier alpha value is -6.79. The van der Waals surface area contributed by atoms with Gasteiger partial charge in [-0.2, -0.15) is 5.26 Å². The molecule has 5 aromatic rings. The second-order valence-electron chi connectivity index (χ2n) is 17.6. The van der Waals surface area contributed by atoms with Crippen LogP contribution in [0.1, 0.15) is 132 Å². The Bertz CT molecular complexity index is 2310. The summed E-state index contributed by atoms with van der Waals surface area (Å²) in [6, 6.07) is 40.7. The molecule has 0 aromatic heterocycles. The fraction of sp³-hybridized carbons (Fsp3) is 0.393. The molecule has 370 valence electrons. The fourth-order valence-electron chi connectivity index (χ4n) is 7.93. The van der Waals surface area contributed by atoms with Crippen LogP contribution in [0.25, 0.3) is 22.3 Å². The van der Waals surface area contributed by atoms with E-state index in [0.717, 1.165) is 90.0 Å². The summed E-state index contributed by atoms with van der Waals surface area (Å²) in [5.41, 5.74) is 6.98. The molecular weight excluding hydrogens is 875 g/mol. The number of nitrogens with zero attached hydrogens (tertiary/aromatic N) is 1. The van der Waals surface area contributed by atoms with Crippen LogP contribution in [0.3, 0.4) is 0 Å². The summed E-state index contributed by atoms with van der Waals surface area (Å²) < 4.78 is 34.6. The minimum Gasteiger partial charge on any atom is -0.494 e. The Morgan fingerprint density at radius 2 is 0.729 bits per heavy atom. The number of ether oxygens (including phenoxy) is 6. The summed E-state index contributed by atoms with van der Waals surface area (Å²) in [7, 11) is 0. The normalized spacial score (nSPS) is 10.7. The minimum absolute atomic E-state index is 0.329. The number of carbonyl (C=O) groups is 2. The zero-order chi connectivity index (χ0) is 49.3. The second kappa shape index (κ2) is 32.9. The lowest BCUT2D eigenvalue weighted by molar-refractivity contribution is -0.138. The Morgan fingerprint density at radius 3 is 1.09 bits per heavy atom. The van der Waals surface area contributed by atoms with Crippen molar-refractivity contribution < 1.29 is 38.0 Å². The molecule has 5 rings (SSSR count). The monoisotopic (exact) mass is 948 g/mol. The minimum atomic E-state index is -0.340. The molecule has 0 aliphatic rings. The van der Waals surface area contributed by atoms with E-state index in [1.807, 2.05) is 24.3 Å². The molecule has 70 heavy (non-hydrogen) atoms. The smallest absolute Gasteiger partial charge is 0.330 e. The molecule has 0 spiro atoms. The molecule has 0 saturated heterocycles. The third-order valence-electron chi connectivity index (χ3n) is 12.1. The Labute approximate surface area is 417 Å². The molecule has 0 fully saturated rings. The van der Waals surface area contributed by atoms with Crippen molar-refractivity contribution in [2.45, 2.75) is 129 Å². The first-order chi connectivity index (χ1) is 34.4. The summed E-state index contributed by atoms with van der Waals surface area (Å²) in [6.45, 7) is 9.91. The molecule has 0 heterocycles. The lowest BCUT2D eigenvalue weighted by atomic mass is 10.0. The Balaban J connectivity index is 0.951. The van der Waals surface area contributed by atoms with E-state index in [-0.39, 0.29) is 11.9 Å². The van der Waals surface area contributed by atoms with Crippen LogP contribution in [0.5, 0.6) is 23.0 Å². The third-order valence-corrected chi connectivity index (χ3v) is 12.1. The fourth-order valence-corrected chi connectivity index (χ4v) is 7.93. The first-order valence-corrected chi connectivity index (χ1v) is 25.5. The molecule has 0 amide bonds. The average molecular weight is 948 g/mol. The first kappa shape index (κ1) is 54.2. The van der Waals surface area contributed by atoms with Crippen LogP contribution in [0.4, 0.5) is 0 Å². The number of esters is 2. The summed E-state index contributed by atoms with van der Waals surface area (Å²) in [6.07, 6.45) is 23.1. The molecular formula is C61H73NO8. The van der Waals surface area contributed by atoms with Gasteiger partial charge in [-0.25, -0.2) is 9.59 Å². The van der Waals surface area contributed by atoms with Crippen molar-refractivity contribution in [1.29, 1.82) is 5.26 Å². The maximum absolute atomic E-state index is 11.1. The zero-order valence-electron chi connectivity index (χ0n) is 41.2. The van der Waals surface area contributed by atoms with Crippen LogP contribution in [0.2, 0.25) is 0 Å². The van der Waals surface area contributed by atoms with Crippen LogP contribution in [0.15, 0.2) is 141 Å². The molecule has 9 heteroatoms. The Kier molecular flexibility index (Phi) is 25.4. The molecule has 5 aromatic carbocycles. The van der Waals surface area contributed by atoms with E-state index in [9.17, 15) is 14.9 Å². The summed E-state index contributed by atoms with van der Waals surface area (Å²) >= 11 is 0. The molecule has 0 aliphatic heterocycles. The van der Waals surface area contributed by atoms with E-state index in [4.69, 9.17) is 28.4 Å². The van der Waals surface area contributed by atoms with Gasteiger partial charge in [0.1, 0.15) is 24.7 Å². The zero-order valence-corrected chi connectivity index (χ0v) is 41.2. The summed E-state index contributed by atoms with van der Waals surface area (Å²) in [5.74, 6) is 2.19. The van der Waals surface area contributed by atoms with Crippen molar-refractivity contribution in [3.05, 3.63) is 157 Å². The maximum atomic E-state index is 11.1. The van der Waals surface area contributed by atoms with E-state index in [1.54, 1.807) is 18.2 Å². The van der Waals surface area contributed by atoms with E-state index >= 15 is 0 Å². The highest BCUT2D eigenvalue weighted by molar-refractivity contribution is 5.81. The van der Waals surface area contributed by atoms with Crippen LogP contribution < -0.4 is 18.9 Å². The molecule has 0 unspecified atom stereocenters. The molecule has 0 saturated carbocycles. The number of benzene rings is 5. The molecule has 0 bridgehead atoms. The van der Waals surface area contributed by atoms with E-state index in [1.165, 1.54) is 89.2 Å². The van der Waals surface area contributed by atoms with Gasteiger partial charge >= 0.3 is 11.9 Å². The van der Waals surface area contributed by atoms with Crippen molar-refractivity contribution in [2.24, 2.45) is 0 Å². The molecule has 0 aliphatic carbocycles. The van der Waals surface area contributed by atoms with Gasteiger partial charge in [-0.15, -0.1) is 0 Å². The van der Waals surface area contributed by atoms with Gasteiger partial charge in [0.15, 0.2) is 11.5 Å². The number of nitriles is 1. The highest BCUT2D eigenvalue weighted by atomic mass is 16.5. The lowest BCUT2D eigenvalue weighted by Gasteiger charge is -2.14. The lowest BCUT2D eigenvalue weighted by Crippen LogP contribution is -2.01. The number of rotatable bonds is 36. The van der Waals surface area contributed by atoms with Crippen LogP contribution >= 0.6 is 0 Å². The van der Waals surface area contributed by atoms with Crippen molar-refractivity contribution in [2.75, 3.05) is 26.4 Å². The van der Waals surface area contributed by atoms with Crippen molar-refractivity contribution in [3.63, 3.8) is 0 Å². The highest BCUT2D eigenvalue weighted by Gasteiger charge is 2.10. The van der Waals surface area contributed by atoms with E-state index in [0.29, 0.717) is 50.1 Å². The quantitative estimate of drug-likeness (QED) is 0.0220. The highest BCUT2D eigenvalue weighted by Crippen LogP contribution is 2.31. The molecule has 0 radical (unpaired) electrons. The Morgan fingerprint density at radius 1 is 0.400 bits per heavy atom. The van der Waals surface area contributed by atoms with Gasteiger partial charge in [-0.1, -0.05) is 176 Å². The first-order valence-electron chi connectivity index (χ1n) is 25.5. The number of hydrogen-bond donors (Lipinski definition) is 0. The van der Waals surface area contributed by atoms with Gasteiger partial charge in [-0.05, 0) is 95.5 Å². The second-order valence-corrected chi connectivity index (χ2v) is 17.6. The van der Waals surface area contributed by atoms with Gasteiger partial charge in [0.25, 0.3) is 0 Å². The van der Waals surface area contributed by atoms with Gasteiger partial charge in [0.05, 0.1) is 38.1 Å². The van der Waals surface area contributed by atoms with Crippen LogP contribution in [-0.4, -0.2) is 38.4 Å². The van der Waals surface area contributed by atoms with E-state index in [2.05, 4.69) is 92.0 Å². The number of unbranched alkanes of at least 4 members (excludes halogenated alkanes) is 16. The maximum Gasteiger partial charge on any atom is 0.330 e. The number of hydrogen-bond acceptors (Lipinski definition) is 9. The predicted octanol–water partition coefficient (Wildman–Crippen LogP) is 15.3. The van der Waals surface area contributed by atoms with E-state index < -0.39 is 0 Å². The predicted molar refractivity (Wildman–Crippen MR) is 280 cm³/mol. The SMILES string of the molecule is C=CC(=O)OCCCCCCCCCCCOc1ccc(-c2ccc(COc3ccc(C#N)cc3OCc3ccc(-c4ccc(OCCCCCCCCCCCOC(=O)C=C)cc4)cc3)cc2)cc1. The standard InChI is InChI=1S/C61H73NO8/c1-3-60(63)67-43-21-17-13-9-5-7-11-15-19-41-65-56-36-32-54(33-37-56)52-28-23-49(24-29-52)47-69-58-40-27-51(46-62)45-59(58)70-48-50-25-30-53(31-26-50)55-34-38-57(39-35-55)66-42-20-16-12-8-6-10-14-18-22-44-68-61(64)4-2/h3-4,23-40,45H,1-2,5-22,41-44,47-48H2. The van der Waals surface area contributed by atoms with Crippen LogP contribution in [0, 0.1) is 11.3 Å². The van der Waals surface area contributed by atoms with Gasteiger partial charge in [-0.3, -0.25) is 0 Å².